The molecule has 0 spiro atoms. The van der Waals surface area contributed by atoms with Crippen molar-refractivity contribution in [2.75, 3.05) is 13.2 Å². The van der Waals surface area contributed by atoms with E-state index in [1.807, 2.05) is 0 Å². The molecule has 0 aliphatic heterocycles. The van der Waals surface area contributed by atoms with Crippen LogP contribution in [0.2, 0.25) is 0 Å². The van der Waals surface area contributed by atoms with Crippen molar-refractivity contribution in [1.29, 1.82) is 0 Å². The van der Waals surface area contributed by atoms with Gasteiger partial charge in [-0.15, -0.1) is 0 Å². The maximum atomic E-state index is 10.8. The van der Waals surface area contributed by atoms with Gasteiger partial charge < -0.3 is 9.11 Å². The van der Waals surface area contributed by atoms with Crippen LogP contribution in [0, 0.1) is 11.8 Å². The summed E-state index contributed by atoms with van der Waals surface area (Å²) < 4.78 is 74.1. The summed E-state index contributed by atoms with van der Waals surface area (Å²) in [5.74, 6) is 0.403. The summed E-state index contributed by atoms with van der Waals surface area (Å²) in [4.78, 5) is 0. The van der Waals surface area contributed by atoms with E-state index in [1.54, 1.807) is 0 Å². The number of rotatable bonds is 48. The van der Waals surface area contributed by atoms with Crippen LogP contribution in [0.1, 0.15) is 297 Å². The van der Waals surface area contributed by atoms with E-state index in [0.717, 1.165) is 51.4 Å². The van der Waals surface area contributed by atoms with Crippen molar-refractivity contribution in [3.05, 3.63) is 0 Å². The van der Waals surface area contributed by atoms with E-state index >= 15 is 0 Å². The Bertz CT molecular complexity index is 962. The zero-order valence-electron chi connectivity index (χ0n) is 41.1. The smallest absolute Gasteiger partial charge is 0.726 e. The Kier molecular flexibility index (Phi) is 56.5. The summed E-state index contributed by atoms with van der Waals surface area (Å²) in [7, 11) is -9.14. The molecular weight excluding hydrogens is 833 g/mol. The van der Waals surface area contributed by atoms with Gasteiger partial charge >= 0.3 is 37.7 Å². The molecule has 0 aliphatic rings. The fraction of sp³-hybridized carbons (Fsp3) is 1.00. The first-order valence-corrected chi connectivity index (χ1v) is 28.9. The Labute approximate surface area is 412 Å². The first-order chi connectivity index (χ1) is 29.0. The first kappa shape index (κ1) is 66.3. The molecule has 0 N–H and O–H groups in total. The third-order valence-electron chi connectivity index (χ3n) is 12.3. The van der Waals surface area contributed by atoms with Gasteiger partial charge in [0.25, 0.3) is 0 Å². The molecule has 0 saturated heterocycles. The molecule has 0 heterocycles. The fourth-order valence-electron chi connectivity index (χ4n) is 8.31. The van der Waals surface area contributed by atoms with Crippen molar-refractivity contribution >= 4 is 58.5 Å². The van der Waals surface area contributed by atoms with Crippen LogP contribution in [0.15, 0.2) is 0 Å². The maximum absolute atomic E-state index is 10.8. The third kappa shape index (κ3) is 61.0. The standard InChI is InChI=1S/2C25H52O4S.Ca/c2*1-3-5-7-9-11-13-14-15-17-19-21-23-25(24-29-30(26,27)28)22-20-18-16-12-10-8-6-4-2;/h2*25H,3-24H2,1-2H3,(H,26,27,28);/q;;+2/p-2. The maximum Gasteiger partial charge on any atom is 2.00 e. The molecule has 8 nitrogen and oxygen atoms in total. The molecule has 0 fully saturated rings. The molecule has 0 aromatic rings. The fourth-order valence-corrected chi connectivity index (χ4v) is 9.03. The molecule has 2 atom stereocenters. The van der Waals surface area contributed by atoms with Gasteiger partial charge in [-0.05, 0) is 37.5 Å². The summed E-state index contributed by atoms with van der Waals surface area (Å²) >= 11 is 0. The zero-order valence-corrected chi connectivity index (χ0v) is 44.9. The van der Waals surface area contributed by atoms with E-state index in [0.29, 0.717) is 0 Å². The summed E-state index contributed by atoms with van der Waals surface area (Å²) in [6.07, 6.45) is 53.0. The van der Waals surface area contributed by atoms with Crippen LogP contribution in [0.5, 0.6) is 0 Å². The molecule has 0 amide bonds. The summed E-state index contributed by atoms with van der Waals surface area (Å²) in [6.45, 7) is 9.12. The van der Waals surface area contributed by atoms with E-state index in [9.17, 15) is 25.9 Å². The normalized spacial score (nSPS) is 12.8. The monoisotopic (exact) mass is 935 g/mol. The molecule has 0 aromatic heterocycles. The van der Waals surface area contributed by atoms with Crippen LogP contribution in [0.25, 0.3) is 0 Å². The molecule has 0 aromatic carbocycles. The van der Waals surface area contributed by atoms with E-state index in [2.05, 4.69) is 36.1 Å². The van der Waals surface area contributed by atoms with Crippen molar-refractivity contribution in [1.82, 2.24) is 0 Å². The van der Waals surface area contributed by atoms with E-state index < -0.39 is 20.8 Å². The van der Waals surface area contributed by atoms with Gasteiger partial charge in [-0.25, -0.2) is 16.8 Å². The molecule has 0 bridgehead atoms. The Balaban J connectivity index is -0.00000109. The quantitative estimate of drug-likeness (QED) is 0.0255. The van der Waals surface area contributed by atoms with Gasteiger partial charge in [0.15, 0.2) is 0 Å². The van der Waals surface area contributed by atoms with Crippen molar-refractivity contribution < 1.29 is 34.3 Å². The largest absolute Gasteiger partial charge is 2.00 e. The van der Waals surface area contributed by atoms with E-state index in [1.165, 1.54) is 218 Å². The average Bonchev–Trinajstić information content (AvgIpc) is 3.21. The minimum atomic E-state index is -4.57. The Hall–Kier alpha value is 1.000. The van der Waals surface area contributed by atoms with Crippen LogP contribution in [-0.2, 0) is 29.2 Å². The first-order valence-electron chi connectivity index (χ1n) is 26.2. The van der Waals surface area contributed by atoms with Gasteiger partial charge in [0, 0.05) is 0 Å². The van der Waals surface area contributed by atoms with Gasteiger partial charge in [-0.1, -0.05) is 272 Å². The van der Waals surface area contributed by atoms with E-state index in [4.69, 9.17) is 0 Å². The van der Waals surface area contributed by atoms with Crippen LogP contribution in [0.4, 0.5) is 0 Å². The Morgan fingerprint density at radius 3 is 0.590 bits per heavy atom. The van der Waals surface area contributed by atoms with Crippen molar-refractivity contribution in [3.63, 3.8) is 0 Å². The van der Waals surface area contributed by atoms with Crippen molar-refractivity contribution in [2.24, 2.45) is 11.8 Å². The molecule has 61 heavy (non-hydrogen) atoms. The topological polar surface area (TPSA) is 133 Å². The van der Waals surface area contributed by atoms with Crippen LogP contribution in [-0.4, -0.2) is 76.9 Å². The van der Waals surface area contributed by atoms with Crippen molar-refractivity contribution in [3.8, 4) is 0 Å². The second kappa shape index (κ2) is 52.0. The molecule has 0 saturated carbocycles. The zero-order chi connectivity index (χ0) is 44.7. The number of hydrogen-bond donors (Lipinski definition) is 0. The summed E-state index contributed by atoms with van der Waals surface area (Å²) in [5, 5.41) is 0. The number of unbranched alkanes of at least 4 members (excludes halogenated alkanes) is 34. The third-order valence-corrected chi connectivity index (χ3v) is 13.1. The second-order valence-corrected chi connectivity index (χ2v) is 20.4. The van der Waals surface area contributed by atoms with E-state index in [-0.39, 0.29) is 62.8 Å². The molecular formula is C50H102CaO8S2. The summed E-state index contributed by atoms with van der Waals surface area (Å²) in [6, 6.07) is 0. The predicted molar refractivity (Wildman–Crippen MR) is 261 cm³/mol. The number of hydrogen-bond acceptors (Lipinski definition) is 8. The van der Waals surface area contributed by atoms with Gasteiger partial charge in [0.05, 0.1) is 13.2 Å². The molecule has 0 radical (unpaired) electrons. The van der Waals surface area contributed by atoms with Crippen LogP contribution >= 0.6 is 0 Å². The molecule has 364 valence electrons. The predicted octanol–water partition coefficient (Wildman–Crippen LogP) is 16.2. The molecule has 0 aliphatic carbocycles. The van der Waals surface area contributed by atoms with Gasteiger partial charge in [-0.3, -0.25) is 8.37 Å². The van der Waals surface area contributed by atoms with Crippen LogP contribution in [0.3, 0.4) is 0 Å². The second-order valence-electron chi connectivity index (χ2n) is 18.3. The Morgan fingerprint density at radius 1 is 0.295 bits per heavy atom. The van der Waals surface area contributed by atoms with Crippen LogP contribution < -0.4 is 0 Å². The average molecular weight is 936 g/mol. The summed E-state index contributed by atoms with van der Waals surface area (Å²) in [5.41, 5.74) is 0. The van der Waals surface area contributed by atoms with Crippen molar-refractivity contribution in [2.45, 2.75) is 297 Å². The molecule has 0 rings (SSSR count). The minimum absolute atomic E-state index is 0. The SMILES string of the molecule is CCCCCCCCCCCCCC(CCCCCCCCCC)COS(=O)(=O)[O-].CCCCCCCCCCCCCC(CCCCCCCCCC)COS(=O)(=O)[O-].[Ca+2]. The minimum Gasteiger partial charge on any atom is -0.726 e. The molecule has 11 heteroatoms. The van der Waals surface area contributed by atoms with Gasteiger partial charge in [-0.2, -0.15) is 0 Å². The van der Waals surface area contributed by atoms with Gasteiger partial charge in [0.1, 0.15) is 0 Å². The Morgan fingerprint density at radius 2 is 0.443 bits per heavy atom. The van der Waals surface area contributed by atoms with Gasteiger partial charge in [0.2, 0.25) is 20.8 Å². The molecule has 2 unspecified atom stereocenters.